The Hall–Kier alpha value is -3.12. The van der Waals surface area contributed by atoms with Gasteiger partial charge in [-0.3, -0.25) is 0 Å². The summed E-state index contributed by atoms with van der Waals surface area (Å²) in [7, 11) is 0. The summed E-state index contributed by atoms with van der Waals surface area (Å²) in [4.78, 5) is 0. The predicted molar refractivity (Wildman–Crippen MR) is 142 cm³/mol. The van der Waals surface area contributed by atoms with Gasteiger partial charge in [0.1, 0.15) is 0 Å². The lowest BCUT2D eigenvalue weighted by Crippen LogP contribution is -1.93. The smallest absolute Gasteiger partial charge is 0.0120 e. The van der Waals surface area contributed by atoms with Crippen LogP contribution >= 0.6 is 0 Å². The highest BCUT2D eigenvalue weighted by Gasteiger charge is 2.11. The van der Waals surface area contributed by atoms with Crippen molar-refractivity contribution in [3.63, 3.8) is 0 Å². The molecule has 0 heterocycles. The van der Waals surface area contributed by atoms with E-state index in [1.54, 1.807) is 0 Å². The zero-order valence-corrected chi connectivity index (χ0v) is 20.9. The Balaban J connectivity index is 0.000000181. The summed E-state index contributed by atoms with van der Waals surface area (Å²) in [6, 6.07) is 26.0. The Kier molecular flexibility index (Phi) is 7.36. The number of aryl methyl sites for hydroxylation is 8. The van der Waals surface area contributed by atoms with Crippen LogP contribution in [0.3, 0.4) is 0 Å². The summed E-state index contributed by atoms with van der Waals surface area (Å²) < 4.78 is 0. The van der Waals surface area contributed by atoms with Crippen molar-refractivity contribution in [2.45, 2.75) is 55.4 Å². The van der Waals surface area contributed by atoms with Gasteiger partial charge in [-0.2, -0.15) is 0 Å². The fraction of sp³-hybridized carbons (Fsp3) is 0.250. The molecule has 0 unspecified atom stereocenters. The Labute approximate surface area is 195 Å². The van der Waals surface area contributed by atoms with E-state index in [0.717, 1.165) is 0 Å². The maximum atomic E-state index is 2.19. The van der Waals surface area contributed by atoms with Crippen LogP contribution < -0.4 is 0 Å². The zero-order valence-electron chi connectivity index (χ0n) is 20.9. The molecule has 0 saturated carbocycles. The highest BCUT2D eigenvalue weighted by Crippen LogP contribution is 2.33. The highest BCUT2D eigenvalue weighted by molar-refractivity contribution is 5.77. The standard InChI is InChI=1S/2C16H18/c2*1-11-7-5-8-12(2)15(11)16-13(3)9-6-10-14(16)4/h2*5-10H,1-4H3. The van der Waals surface area contributed by atoms with Crippen LogP contribution in [0.25, 0.3) is 22.3 Å². The van der Waals surface area contributed by atoms with E-state index >= 15 is 0 Å². The molecule has 0 spiro atoms. The Morgan fingerprint density at radius 1 is 0.250 bits per heavy atom. The molecule has 0 radical (unpaired) electrons. The van der Waals surface area contributed by atoms with Gasteiger partial charge in [0.25, 0.3) is 0 Å². The van der Waals surface area contributed by atoms with Gasteiger partial charge in [-0.1, -0.05) is 72.8 Å². The molecule has 0 saturated heterocycles. The van der Waals surface area contributed by atoms with Crippen LogP contribution in [0, 0.1) is 55.4 Å². The van der Waals surface area contributed by atoms with Crippen LogP contribution in [0.15, 0.2) is 72.8 Å². The lowest BCUT2D eigenvalue weighted by molar-refractivity contribution is 1.32. The quantitative estimate of drug-likeness (QED) is 0.303. The van der Waals surface area contributed by atoms with Crippen molar-refractivity contribution in [2.24, 2.45) is 0 Å². The van der Waals surface area contributed by atoms with E-state index < -0.39 is 0 Å². The van der Waals surface area contributed by atoms with Crippen LogP contribution in [0.4, 0.5) is 0 Å². The van der Waals surface area contributed by atoms with Crippen LogP contribution in [-0.2, 0) is 0 Å². The molecule has 0 atom stereocenters. The summed E-state index contributed by atoms with van der Waals surface area (Å²) in [6.45, 7) is 17.5. The van der Waals surface area contributed by atoms with Gasteiger partial charge in [0.2, 0.25) is 0 Å². The van der Waals surface area contributed by atoms with Gasteiger partial charge >= 0.3 is 0 Å². The Morgan fingerprint density at radius 3 is 0.500 bits per heavy atom. The molecule has 0 amide bonds. The Bertz CT molecular complexity index is 962. The number of hydrogen-bond donors (Lipinski definition) is 0. The highest BCUT2D eigenvalue weighted by atomic mass is 14.1. The van der Waals surface area contributed by atoms with Gasteiger partial charge < -0.3 is 0 Å². The molecule has 0 heteroatoms. The van der Waals surface area contributed by atoms with Crippen molar-refractivity contribution < 1.29 is 0 Å². The van der Waals surface area contributed by atoms with E-state index in [9.17, 15) is 0 Å². The minimum Gasteiger partial charge on any atom is -0.0617 e. The third-order valence-corrected chi connectivity index (χ3v) is 6.42. The van der Waals surface area contributed by atoms with Crippen LogP contribution in [0.1, 0.15) is 44.5 Å². The second-order valence-corrected chi connectivity index (χ2v) is 9.07. The summed E-state index contributed by atoms with van der Waals surface area (Å²) in [5.74, 6) is 0. The first kappa shape index (κ1) is 23.5. The molecular weight excluding hydrogens is 384 g/mol. The molecule has 32 heavy (non-hydrogen) atoms. The van der Waals surface area contributed by atoms with Crippen molar-refractivity contribution in [2.75, 3.05) is 0 Å². The van der Waals surface area contributed by atoms with Crippen LogP contribution in [-0.4, -0.2) is 0 Å². The van der Waals surface area contributed by atoms with Crippen molar-refractivity contribution in [1.29, 1.82) is 0 Å². The molecule has 0 fully saturated rings. The number of rotatable bonds is 2. The first-order valence-corrected chi connectivity index (χ1v) is 11.5. The zero-order chi connectivity index (χ0) is 23.4. The van der Waals surface area contributed by atoms with Crippen molar-refractivity contribution in [1.82, 2.24) is 0 Å². The largest absolute Gasteiger partial charge is 0.0617 e. The van der Waals surface area contributed by atoms with E-state index in [0.29, 0.717) is 0 Å². The molecule has 0 aliphatic rings. The maximum Gasteiger partial charge on any atom is -0.0120 e. The molecular formula is C32H36. The fourth-order valence-electron chi connectivity index (χ4n) is 4.84. The topological polar surface area (TPSA) is 0 Å². The lowest BCUT2D eigenvalue weighted by Gasteiger charge is -2.15. The molecule has 164 valence electrons. The third kappa shape index (κ3) is 4.86. The summed E-state index contributed by atoms with van der Waals surface area (Å²) in [6.07, 6.45) is 0. The van der Waals surface area contributed by atoms with Gasteiger partial charge in [0.05, 0.1) is 0 Å². The molecule has 0 N–H and O–H groups in total. The van der Waals surface area contributed by atoms with Crippen LogP contribution in [0.2, 0.25) is 0 Å². The second-order valence-electron chi connectivity index (χ2n) is 9.07. The van der Waals surface area contributed by atoms with E-state index in [-0.39, 0.29) is 0 Å². The lowest BCUT2D eigenvalue weighted by atomic mass is 9.90. The fourth-order valence-corrected chi connectivity index (χ4v) is 4.84. The number of hydrogen-bond acceptors (Lipinski definition) is 0. The second kappa shape index (κ2) is 10.0. The van der Waals surface area contributed by atoms with Gasteiger partial charge in [0, 0.05) is 0 Å². The average molecular weight is 421 g/mol. The van der Waals surface area contributed by atoms with Gasteiger partial charge in [-0.25, -0.2) is 0 Å². The molecule has 4 rings (SSSR count). The normalized spacial score (nSPS) is 10.5. The molecule has 0 aliphatic heterocycles. The van der Waals surface area contributed by atoms with Crippen molar-refractivity contribution in [3.05, 3.63) is 117 Å². The summed E-state index contributed by atoms with van der Waals surface area (Å²) >= 11 is 0. The third-order valence-electron chi connectivity index (χ3n) is 6.42. The van der Waals surface area contributed by atoms with Crippen molar-refractivity contribution in [3.8, 4) is 22.3 Å². The minimum atomic E-state index is 1.36. The van der Waals surface area contributed by atoms with Crippen molar-refractivity contribution >= 4 is 0 Å². The SMILES string of the molecule is Cc1cccc(C)c1-c1c(C)cccc1C.Cc1cccc(C)c1-c1c(C)cccc1C. The maximum absolute atomic E-state index is 2.19. The molecule has 4 aromatic carbocycles. The molecule has 0 aromatic heterocycles. The van der Waals surface area contributed by atoms with Gasteiger partial charge in [0.15, 0.2) is 0 Å². The minimum absolute atomic E-state index is 1.36. The Morgan fingerprint density at radius 2 is 0.375 bits per heavy atom. The van der Waals surface area contributed by atoms with E-state index in [2.05, 4.69) is 128 Å². The molecule has 0 aliphatic carbocycles. The van der Waals surface area contributed by atoms with Gasteiger partial charge in [-0.15, -0.1) is 0 Å². The van der Waals surface area contributed by atoms with E-state index in [4.69, 9.17) is 0 Å². The van der Waals surface area contributed by atoms with Gasteiger partial charge in [-0.05, 0) is 122 Å². The van der Waals surface area contributed by atoms with Crippen LogP contribution in [0.5, 0.6) is 0 Å². The average Bonchev–Trinajstić information content (AvgIpc) is 2.72. The molecule has 0 bridgehead atoms. The first-order chi connectivity index (χ1) is 15.2. The first-order valence-electron chi connectivity index (χ1n) is 11.5. The molecule has 4 aromatic rings. The van der Waals surface area contributed by atoms with E-state index in [1.165, 1.54) is 66.8 Å². The monoisotopic (exact) mass is 420 g/mol. The number of benzene rings is 4. The summed E-state index contributed by atoms with van der Waals surface area (Å²) in [5, 5.41) is 0. The predicted octanol–water partition coefficient (Wildman–Crippen LogP) is 9.17. The van der Waals surface area contributed by atoms with E-state index in [1.807, 2.05) is 0 Å². The summed E-state index contributed by atoms with van der Waals surface area (Å²) in [5.41, 5.74) is 16.5. The molecule has 0 nitrogen and oxygen atoms in total.